The summed E-state index contributed by atoms with van der Waals surface area (Å²) in [5.41, 5.74) is 6.88. The maximum absolute atomic E-state index is 12.8. The van der Waals surface area contributed by atoms with E-state index in [1.54, 1.807) is 18.0 Å². The van der Waals surface area contributed by atoms with Crippen molar-refractivity contribution in [3.63, 3.8) is 0 Å². The molecule has 20 heteroatoms. The SMILES string of the molecule is CN1Cc2c(Cl)cc(Cl)cc2C(c2ccc(SNCCOCCOCCNC(=O)COCC(=O)NCCOCCOCCN[S+]([O-])c3ccc(C4CN(C)Cc5c(Cl)cc(Cl)cc54)cc3)cc2)C1. The van der Waals surface area contributed by atoms with Gasteiger partial charge >= 0.3 is 0 Å². The average Bonchev–Trinajstić information content (AvgIpc) is 3.31. The van der Waals surface area contributed by atoms with Crippen LogP contribution in [0.25, 0.3) is 0 Å². The van der Waals surface area contributed by atoms with Crippen molar-refractivity contribution in [3.8, 4) is 0 Å². The predicted octanol–water partition coefficient (Wildman–Crippen LogP) is 6.68. The number of hydrogen-bond donors (Lipinski definition) is 4. The normalized spacial score (nSPS) is 16.6. The number of fused-ring (bicyclic) bond motifs is 2. The molecular weight excluding hydrogens is 995 g/mol. The van der Waals surface area contributed by atoms with Gasteiger partial charge in [0.25, 0.3) is 0 Å². The lowest BCUT2D eigenvalue weighted by molar-refractivity contribution is -0.131. The van der Waals surface area contributed by atoms with Gasteiger partial charge in [0.2, 0.25) is 11.8 Å². The van der Waals surface area contributed by atoms with Crippen LogP contribution < -0.4 is 20.1 Å². The van der Waals surface area contributed by atoms with E-state index in [1.807, 2.05) is 42.5 Å². The molecule has 4 N–H and O–H groups in total. The molecule has 68 heavy (non-hydrogen) atoms. The van der Waals surface area contributed by atoms with Crippen LogP contribution in [-0.4, -0.2) is 146 Å². The Hall–Kier alpha value is -2.72. The fourth-order valence-electron chi connectivity index (χ4n) is 7.90. The average molecular weight is 1050 g/mol. The molecule has 14 nitrogen and oxygen atoms in total. The smallest absolute Gasteiger partial charge is 0.246 e. The zero-order valence-corrected chi connectivity index (χ0v) is 43.0. The van der Waals surface area contributed by atoms with Gasteiger partial charge in [0.05, 0.1) is 70.8 Å². The highest BCUT2D eigenvalue weighted by Gasteiger charge is 2.29. The molecule has 2 aliphatic rings. The zero-order valence-electron chi connectivity index (χ0n) is 38.3. The third-order valence-electron chi connectivity index (χ3n) is 11.1. The first kappa shape index (κ1) is 54.6. The number of ether oxygens (including phenoxy) is 5. The molecule has 4 aromatic carbocycles. The Morgan fingerprint density at radius 1 is 0.618 bits per heavy atom. The van der Waals surface area contributed by atoms with Crippen molar-refractivity contribution in [1.29, 1.82) is 0 Å². The van der Waals surface area contributed by atoms with E-state index in [-0.39, 0.29) is 50.0 Å². The highest BCUT2D eigenvalue weighted by molar-refractivity contribution is 7.97. The van der Waals surface area contributed by atoms with E-state index < -0.39 is 11.4 Å². The second kappa shape index (κ2) is 29.0. The molecule has 0 radical (unpaired) electrons. The molecule has 4 aromatic rings. The van der Waals surface area contributed by atoms with Crippen molar-refractivity contribution in [2.45, 2.75) is 34.7 Å². The van der Waals surface area contributed by atoms with Crippen LogP contribution in [0.3, 0.4) is 0 Å². The quantitative estimate of drug-likeness (QED) is 0.0272. The molecule has 0 saturated carbocycles. The maximum atomic E-state index is 12.8. The lowest BCUT2D eigenvalue weighted by Gasteiger charge is -2.33. The lowest BCUT2D eigenvalue weighted by Crippen LogP contribution is -2.34. The predicted molar refractivity (Wildman–Crippen MR) is 271 cm³/mol. The molecule has 0 bridgehead atoms. The molecule has 0 saturated heterocycles. The fourth-order valence-corrected chi connectivity index (χ4v) is 10.5. The summed E-state index contributed by atoms with van der Waals surface area (Å²) in [7, 11) is 4.18. The summed E-state index contributed by atoms with van der Waals surface area (Å²) in [6.45, 7) is 7.46. The van der Waals surface area contributed by atoms with Crippen LogP contribution in [0, 0.1) is 0 Å². The summed E-state index contributed by atoms with van der Waals surface area (Å²) >= 11 is 25.9. The number of rotatable bonds is 28. The monoisotopic (exact) mass is 1050 g/mol. The van der Waals surface area contributed by atoms with Gasteiger partial charge in [-0.05, 0) is 108 Å². The summed E-state index contributed by atoms with van der Waals surface area (Å²) < 4.78 is 46.6. The molecular formula is C48H60Cl4N6O8S2. The van der Waals surface area contributed by atoms with Gasteiger partial charge in [0, 0.05) is 82.6 Å². The molecule has 6 rings (SSSR count). The van der Waals surface area contributed by atoms with Gasteiger partial charge in [-0.15, -0.1) is 4.72 Å². The zero-order chi connectivity index (χ0) is 48.3. The minimum atomic E-state index is -1.39. The van der Waals surface area contributed by atoms with Gasteiger partial charge in [-0.25, -0.2) is 0 Å². The first-order chi connectivity index (χ1) is 32.9. The fraction of sp³-hybridized carbons (Fsp3) is 0.458. The summed E-state index contributed by atoms with van der Waals surface area (Å²) in [6, 6.07) is 23.9. The van der Waals surface area contributed by atoms with Gasteiger partial charge in [0.1, 0.15) is 13.2 Å². The minimum absolute atomic E-state index is 0.109. The van der Waals surface area contributed by atoms with Crippen LogP contribution >= 0.6 is 58.4 Å². The number of halogens is 4. The number of amides is 2. The van der Waals surface area contributed by atoms with E-state index in [0.717, 1.165) is 53.3 Å². The Morgan fingerprint density at radius 3 is 1.54 bits per heavy atom. The van der Waals surface area contributed by atoms with Crippen molar-refractivity contribution in [3.05, 3.63) is 126 Å². The Balaban J connectivity index is 0.690. The topological polar surface area (TPSA) is 158 Å². The van der Waals surface area contributed by atoms with E-state index in [2.05, 4.69) is 68.2 Å². The lowest BCUT2D eigenvalue weighted by atomic mass is 9.85. The highest BCUT2D eigenvalue weighted by atomic mass is 35.5. The van der Waals surface area contributed by atoms with Crippen LogP contribution in [0.15, 0.2) is 82.6 Å². The molecule has 370 valence electrons. The largest absolute Gasteiger partial charge is 0.593 e. The highest BCUT2D eigenvalue weighted by Crippen LogP contribution is 2.40. The summed E-state index contributed by atoms with van der Waals surface area (Å²) in [5.74, 6) is -0.386. The number of likely N-dealkylation sites (N-methyl/N-ethyl adjacent to an activating group) is 2. The number of carbonyl (C=O) groups is 2. The first-order valence-corrected chi connectivity index (χ1v) is 25.9. The molecule has 2 heterocycles. The van der Waals surface area contributed by atoms with E-state index in [9.17, 15) is 14.1 Å². The van der Waals surface area contributed by atoms with E-state index in [1.165, 1.54) is 11.1 Å². The minimum Gasteiger partial charge on any atom is -0.593 e. The number of benzene rings is 4. The van der Waals surface area contributed by atoms with E-state index >= 15 is 0 Å². The molecule has 2 amide bonds. The van der Waals surface area contributed by atoms with Crippen LogP contribution in [0.4, 0.5) is 0 Å². The third kappa shape index (κ3) is 17.5. The Bertz CT molecular complexity index is 2220. The number of carbonyl (C=O) groups excluding carboxylic acids is 2. The van der Waals surface area contributed by atoms with Crippen molar-refractivity contribution in [2.75, 3.05) is 119 Å². The number of hydrogen-bond acceptors (Lipinski definition) is 13. The van der Waals surface area contributed by atoms with E-state index in [4.69, 9.17) is 70.1 Å². The molecule has 0 fully saturated rings. The van der Waals surface area contributed by atoms with Crippen LogP contribution in [0.5, 0.6) is 0 Å². The molecule has 3 unspecified atom stereocenters. The van der Waals surface area contributed by atoms with Gasteiger partial charge in [-0.1, -0.05) is 70.7 Å². The van der Waals surface area contributed by atoms with Crippen molar-refractivity contribution < 1.29 is 37.8 Å². The van der Waals surface area contributed by atoms with Crippen molar-refractivity contribution >= 4 is 81.5 Å². The number of nitrogens with one attached hydrogen (secondary N) is 4. The van der Waals surface area contributed by atoms with Gasteiger partial charge < -0.3 is 48.7 Å². The Morgan fingerprint density at radius 2 is 1.06 bits per heavy atom. The Kier molecular flexibility index (Phi) is 23.3. The van der Waals surface area contributed by atoms with Gasteiger partial charge in [0.15, 0.2) is 4.90 Å². The summed E-state index contributed by atoms with van der Waals surface area (Å²) in [4.78, 5) is 30.4. The molecule has 2 aliphatic heterocycles. The van der Waals surface area contributed by atoms with Gasteiger partial charge in [-0.3, -0.25) is 14.3 Å². The Labute approximate surface area is 427 Å². The second-order valence-electron chi connectivity index (χ2n) is 16.3. The first-order valence-electron chi connectivity index (χ1n) is 22.4. The van der Waals surface area contributed by atoms with E-state index in [0.29, 0.717) is 90.9 Å². The van der Waals surface area contributed by atoms with Gasteiger partial charge in [-0.2, -0.15) is 0 Å². The molecule has 0 aliphatic carbocycles. The molecule has 3 atom stereocenters. The second-order valence-corrected chi connectivity index (χ2v) is 20.3. The molecule has 0 spiro atoms. The van der Waals surface area contributed by atoms with Crippen LogP contribution in [-0.2, 0) is 57.7 Å². The summed E-state index contributed by atoms with van der Waals surface area (Å²) in [5, 5.41) is 8.04. The standard InChI is InChI=1S/C48H60Cl4N6O8S2/c1-57-27-41(39-23-35(49)25-45(51)43(39)29-57)33-3-7-37(8-4-33)67-55-13-17-64-21-19-62-15-11-53-47(59)31-66-32-48(60)54-12-16-63-20-22-65-18-14-56-68(61)38-9-5-34(6-10-38)42-28-58(2)30-44-40(42)24-36(50)26-46(44)52/h3-10,23-26,41-42,55-56H,11-22,27-32H2,1-2H3,(H,53,59)(H,54,60). The van der Waals surface area contributed by atoms with Crippen LogP contribution in [0.1, 0.15) is 45.2 Å². The van der Waals surface area contributed by atoms with Crippen molar-refractivity contribution in [1.82, 2.24) is 29.9 Å². The third-order valence-corrected chi connectivity index (χ3v) is 14.3. The van der Waals surface area contributed by atoms with Crippen molar-refractivity contribution in [2.24, 2.45) is 0 Å². The summed E-state index contributed by atoms with van der Waals surface area (Å²) in [6.07, 6.45) is 0. The number of nitrogens with zero attached hydrogens (tertiary/aromatic N) is 2. The molecule has 0 aromatic heterocycles. The van der Waals surface area contributed by atoms with Crippen LogP contribution in [0.2, 0.25) is 20.1 Å². The maximum Gasteiger partial charge on any atom is 0.246 e.